The molecular formula is C15H21NO2. The van der Waals surface area contributed by atoms with E-state index in [-0.39, 0.29) is 0 Å². The maximum atomic E-state index is 9.15. The van der Waals surface area contributed by atoms with Gasteiger partial charge in [0.15, 0.2) is 0 Å². The molecule has 1 aromatic carbocycles. The molecule has 0 aliphatic carbocycles. The van der Waals surface area contributed by atoms with Crippen LogP contribution in [0.2, 0.25) is 0 Å². The number of nitrogens with zero attached hydrogens (tertiary/aromatic N) is 1. The lowest BCUT2D eigenvalue weighted by molar-refractivity contribution is 0.124. The van der Waals surface area contributed by atoms with Gasteiger partial charge in [-0.05, 0) is 37.9 Å². The van der Waals surface area contributed by atoms with Gasteiger partial charge in [0.25, 0.3) is 0 Å². The minimum Gasteiger partial charge on any atom is -0.493 e. The SMILES string of the molecule is OCC1CCN(CC2COc3ccccc32)CC1. The number of para-hydroxylation sites is 1. The molecule has 0 bridgehead atoms. The maximum absolute atomic E-state index is 9.15. The van der Waals surface area contributed by atoms with Crippen molar-refractivity contribution in [2.75, 3.05) is 32.8 Å². The van der Waals surface area contributed by atoms with Gasteiger partial charge < -0.3 is 14.7 Å². The van der Waals surface area contributed by atoms with Crippen LogP contribution in [0.4, 0.5) is 0 Å². The second-order valence-electron chi connectivity index (χ2n) is 5.47. The van der Waals surface area contributed by atoms with E-state index in [1.165, 1.54) is 5.56 Å². The Labute approximate surface area is 108 Å². The summed E-state index contributed by atoms with van der Waals surface area (Å²) in [7, 11) is 0. The molecular weight excluding hydrogens is 226 g/mol. The van der Waals surface area contributed by atoms with Crippen molar-refractivity contribution in [2.24, 2.45) is 5.92 Å². The molecule has 1 N–H and O–H groups in total. The molecule has 2 heterocycles. The molecule has 1 aromatic rings. The molecule has 0 saturated carbocycles. The van der Waals surface area contributed by atoms with Crippen molar-refractivity contribution in [3.63, 3.8) is 0 Å². The summed E-state index contributed by atoms with van der Waals surface area (Å²) in [6.45, 7) is 4.49. The summed E-state index contributed by atoms with van der Waals surface area (Å²) < 4.78 is 5.73. The van der Waals surface area contributed by atoms with Gasteiger partial charge in [0.2, 0.25) is 0 Å². The maximum Gasteiger partial charge on any atom is 0.122 e. The zero-order valence-corrected chi connectivity index (χ0v) is 10.7. The van der Waals surface area contributed by atoms with E-state index >= 15 is 0 Å². The summed E-state index contributed by atoms with van der Waals surface area (Å²) in [4.78, 5) is 2.52. The van der Waals surface area contributed by atoms with Gasteiger partial charge in [0.1, 0.15) is 5.75 Å². The molecule has 1 unspecified atom stereocenters. The van der Waals surface area contributed by atoms with Gasteiger partial charge in [-0.25, -0.2) is 0 Å². The molecule has 3 heteroatoms. The normalized spacial score (nSPS) is 24.8. The number of aliphatic hydroxyl groups is 1. The minimum atomic E-state index is 0.350. The second kappa shape index (κ2) is 5.29. The summed E-state index contributed by atoms with van der Waals surface area (Å²) in [6, 6.07) is 8.38. The summed E-state index contributed by atoms with van der Waals surface area (Å²) in [5.74, 6) is 2.10. The fraction of sp³-hybridized carbons (Fsp3) is 0.600. The van der Waals surface area contributed by atoms with Crippen LogP contribution in [0.25, 0.3) is 0 Å². The Morgan fingerprint density at radius 3 is 2.78 bits per heavy atom. The molecule has 1 atom stereocenters. The van der Waals surface area contributed by atoms with Crippen LogP contribution in [0, 0.1) is 5.92 Å². The van der Waals surface area contributed by atoms with Crippen molar-refractivity contribution < 1.29 is 9.84 Å². The van der Waals surface area contributed by atoms with Gasteiger partial charge in [0.05, 0.1) is 6.61 Å². The number of hydrogen-bond donors (Lipinski definition) is 1. The molecule has 18 heavy (non-hydrogen) atoms. The summed E-state index contributed by atoms with van der Waals surface area (Å²) in [5.41, 5.74) is 1.36. The number of benzene rings is 1. The lowest BCUT2D eigenvalue weighted by Crippen LogP contribution is -2.37. The zero-order valence-electron chi connectivity index (χ0n) is 10.7. The van der Waals surface area contributed by atoms with Gasteiger partial charge in [0, 0.05) is 24.6 Å². The van der Waals surface area contributed by atoms with Crippen LogP contribution in [0.1, 0.15) is 24.3 Å². The van der Waals surface area contributed by atoms with Crippen LogP contribution in [-0.2, 0) is 0 Å². The van der Waals surface area contributed by atoms with Crippen LogP contribution in [0.3, 0.4) is 0 Å². The molecule has 3 rings (SSSR count). The van der Waals surface area contributed by atoms with Crippen LogP contribution >= 0.6 is 0 Å². The van der Waals surface area contributed by atoms with Crippen molar-refractivity contribution in [3.8, 4) is 5.75 Å². The highest BCUT2D eigenvalue weighted by Crippen LogP contribution is 2.34. The van der Waals surface area contributed by atoms with Crippen molar-refractivity contribution in [3.05, 3.63) is 29.8 Å². The molecule has 1 saturated heterocycles. The highest BCUT2D eigenvalue weighted by Gasteiger charge is 2.27. The lowest BCUT2D eigenvalue weighted by atomic mass is 9.95. The summed E-state index contributed by atoms with van der Waals surface area (Å²) in [5, 5.41) is 9.15. The molecule has 2 aliphatic heterocycles. The van der Waals surface area contributed by atoms with Gasteiger partial charge in [-0.15, -0.1) is 0 Å². The molecule has 2 aliphatic rings. The number of aliphatic hydroxyl groups excluding tert-OH is 1. The van der Waals surface area contributed by atoms with Crippen LogP contribution in [-0.4, -0.2) is 42.9 Å². The van der Waals surface area contributed by atoms with Crippen LogP contribution < -0.4 is 4.74 Å². The van der Waals surface area contributed by atoms with Gasteiger partial charge in [-0.2, -0.15) is 0 Å². The first-order valence-corrected chi connectivity index (χ1v) is 6.91. The summed E-state index contributed by atoms with van der Waals surface area (Å²) >= 11 is 0. The molecule has 0 amide bonds. The van der Waals surface area contributed by atoms with Crippen molar-refractivity contribution >= 4 is 0 Å². The topological polar surface area (TPSA) is 32.7 Å². The molecule has 1 fully saturated rings. The number of ether oxygens (including phenoxy) is 1. The van der Waals surface area contributed by atoms with E-state index in [2.05, 4.69) is 23.1 Å². The Hall–Kier alpha value is -1.06. The Morgan fingerprint density at radius 2 is 2.00 bits per heavy atom. The van der Waals surface area contributed by atoms with E-state index in [0.29, 0.717) is 18.4 Å². The smallest absolute Gasteiger partial charge is 0.122 e. The van der Waals surface area contributed by atoms with Gasteiger partial charge in [-0.3, -0.25) is 0 Å². The number of rotatable bonds is 3. The predicted octanol–water partition coefficient (Wildman–Crippen LogP) is 1.87. The zero-order chi connectivity index (χ0) is 12.4. The van der Waals surface area contributed by atoms with Crippen molar-refractivity contribution in [1.29, 1.82) is 0 Å². The number of likely N-dealkylation sites (tertiary alicyclic amines) is 1. The van der Waals surface area contributed by atoms with E-state index in [0.717, 1.165) is 44.8 Å². The molecule has 98 valence electrons. The Morgan fingerprint density at radius 1 is 1.22 bits per heavy atom. The minimum absolute atomic E-state index is 0.350. The molecule has 0 radical (unpaired) electrons. The second-order valence-corrected chi connectivity index (χ2v) is 5.47. The van der Waals surface area contributed by atoms with Crippen LogP contribution in [0.15, 0.2) is 24.3 Å². The first kappa shape index (κ1) is 12.0. The fourth-order valence-electron chi connectivity index (χ4n) is 3.04. The van der Waals surface area contributed by atoms with E-state index in [1.807, 2.05) is 6.07 Å². The Kier molecular flexibility index (Phi) is 3.52. The quantitative estimate of drug-likeness (QED) is 0.885. The van der Waals surface area contributed by atoms with E-state index in [4.69, 9.17) is 9.84 Å². The first-order valence-electron chi connectivity index (χ1n) is 6.91. The number of fused-ring (bicyclic) bond motifs is 1. The third-order valence-electron chi connectivity index (χ3n) is 4.24. The third-order valence-corrected chi connectivity index (χ3v) is 4.24. The summed E-state index contributed by atoms with van der Waals surface area (Å²) in [6.07, 6.45) is 2.26. The third kappa shape index (κ3) is 2.38. The average molecular weight is 247 g/mol. The largest absolute Gasteiger partial charge is 0.493 e. The number of hydrogen-bond acceptors (Lipinski definition) is 3. The number of piperidine rings is 1. The Balaban J connectivity index is 1.59. The highest BCUT2D eigenvalue weighted by atomic mass is 16.5. The monoisotopic (exact) mass is 247 g/mol. The van der Waals surface area contributed by atoms with E-state index < -0.39 is 0 Å². The van der Waals surface area contributed by atoms with E-state index in [1.54, 1.807) is 0 Å². The Bertz CT molecular complexity index is 399. The van der Waals surface area contributed by atoms with Gasteiger partial charge >= 0.3 is 0 Å². The fourth-order valence-corrected chi connectivity index (χ4v) is 3.04. The molecule has 0 spiro atoms. The predicted molar refractivity (Wildman–Crippen MR) is 70.9 cm³/mol. The van der Waals surface area contributed by atoms with E-state index in [9.17, 15) is 0 Å². The standard InChI is InChI=1S/C15H21NO2/c17-10-12-5-7-16(8-6-12)9-13-11-18-15-4-2-1-3-14(13)15/h1-4,12-13,17H,5-11H2. The average Bonchev–Trinajstić information content (AvgIpc) is 2.83. The highest BCUT2D eigenvalue weighted by molar-refractivity contribution is 5.39. The molecule has 3 nitrogen and oxygen atoms in total. The van der Waals surface area contributed by atoms with Crippen LogP contribution in [0.5, 0.6) is 5.75 Å². The van der Waals surface area contributed by atoms with Gasteiger partial charge in [-0.1, -0.05) is 18.2 Å². The first-order chi connectivity index (χ1) is 8.86. The lowest BCUT2D eigenvalue weighted by Gasteiger charge is -2.32. The van der Waals surface area contributed by atoms with Crippen molar-refractivity contribution in [2.45, 2.75) is 18.8 Å². The van der Waals surface area contributed by atoms with Crippen molar-refractivity contribution in [1.82, 2.24) is 4.90 Å². The molecule has 0 aromatic heterocycles.